The van der Waals surface area contributed by atoms with E-state index in [4.69, 9.17) is 9.47 Å². The van der Waals surface area contributed by atoms with Crippen LogP contribution in [0.5, 0.6) is 0 Å². The standard InChI is InChI=1S/C22H28N6O21P4/c29-15-11(45-19(17(15)31)27-5-1-13-23-3-7-25(13)21(27)33)9-43-50(35,36)47-52(39,40)49-53(41,42)48-51(37,38)44-10-12-16(30)18(32)20(46-12)28-6-2-14-24-4-8-26(14)22(28)34/h1-8,11-12,15-20,29-32H,9-10H2,(H,35,36)(H,37,38)(H,39,40)(H,41,42)/t11-,12-,15-,16-,17-,18-,19+,20+/m1/s1. The van der Waals surface area contributed by atoms with E-state index in [1.165, 1.54) is 49.3 Å². The van der Waals surface area contributed by atoms with E-state index in [0.717, 1.165) is 17.9 Å². The van der Waals surface area contributed by atoms with Crippen LogP contribution < -0.4 is 11.4 Å². The maximum Gasteiger partial charge on any atom is 0.490 e. The lowest BCUT2D eigenvalue weighted by Gasteiger charge is -2.21. The number of aliphatic hydroxyl groups excluding tert-OH is 4. The lowest BCUT2D eigenvalue weighted by molar-refractivity contribution is -0.0544. The Hall–Kier alpha value is -2.84. The number of aliphatic hydroxyl groups is 4. The molecule has 0 aromatic carbocycles. The van der Waals surface area contributed by atoms with Crippen LogP contribution in [0.15, 0.2) is 58.9 Å². The van der Waals surface area contributed by atoms with E-state index in [-0.39, 0.29) is 11.3 Å². The van der Waals surface area contributed by atoms with E-state index in [0.29, 0.717) is 0 Å². The fourth-order valence-electron chi connectivity index (χ4n) is 5.25. The van der Waals surface area contributed by atoms with Gasteiger partial charge in [0.2, 0.25) is 0 Å². The van der Waals surface area contributed by atoms with Gasteiger partial charge in [-0.2, -0.15) is 12.9 Å². The summed E-state index contributed by atoms with van der Waals surface area (Å²) in [7, 11) is -24.0. The van der Waals surface area contributed by atoms with E-state index in [1.807, 2.05) is 0 Å². The fourth-order valence-corrected chi connectivity index (χ4v) is 10.2. The van der Waals surface area contributed by atoms with Crippen LogP contribution in [0.2, 0.25) is 0 Å². The van der Waals surface area contributed by atoms with E-state index in [2.05, 4.69) is 31.9 Å². The minimum absolute atomic E-state index is 0.245. The van der Waals surface area contributed by atoms with Crippen molar-refractivity contribution in [2.45, 2.75) is 49.1 Å². The number of rotatable bonds is 14. The Morgan fingerprint density at radius 3 is 1.32 bits per heavy atom. The minimum Gasteiger partial charge on any atom is -0.387 e. The molecule has 0 amide bonds. The first kappa shape index (κ1) is 39.8. The van der Waals surface area contributed by atoms with E-state index < -0.39 is 105 Å². The van der Waals surface area contributed by atoms with Crippen LogP contribution in [0.3, 0.4) is 0 Å². The summed E-state index contributed by atoms with van der Waals surface area (Å²) in [5, 5.41) is 41.6. The minimum atomic E-state index is -6.22. The van der Waals surface area contributed by atoms with Crippen LogP contribution in [0.4, 0.5) is 0 Å². The van der Waals surface area contributed by atoms with Crippen molar-refractivity contribution >= 4 is 42.6 Å². The van der Waals surface area contributed by atoms with Gasteiger partial charge in [0.1, 0.15) is 47.9 Å². The second-order valence-electron chi connectivity index (χ2n) is 11.1. The molecule has 2 aliphatic heterocycles. The molecular formula is C22H28N6O21P4. The number of phosphoric acid groups is 4. The molecule has 0 radical (unpaired) electrons. The first-order chi connectivity index (χ1) is 24.7. The number of ether oxygens (including phenoxy) is 2. The summed E-state index contributed by atoms with van der Waals surface area (Å²) < 4.78 is 84.6. The molecule has 27 nitrogen and oxygen atoms in total. The lowest BCUT2D eigenvalue weighted by atomic mass is 10.1. The number of hydrogen-bond acceptors (Lipinski definition) is 19. The molecule has 2 fully saturated rings. The SMILES string of the molecule is O=c1n([C@H]2O[C@H](COP(=O)(O)OP(=O)(O)OP(=O)(O)OP(=O)(O)OC[C@H]3O[C@H](n4ccc5nccn5c4=O)[C@H](O)[C@@H]3O)[C@@H](O)[C@H]2O)ccc2nccn12. The van der Waals surface area contributed by atoms with Gasteiger partial charge in [0.05, 0.1) is 13.2 Å². The van der Waals surface area contributed by atoms with Gasteiger partial charge in [0.25, 0.3) is 0 Å². The summed E-state index contributed by atoms with van der Waals surface area (Å²) in [5.74, 6) is 0. The predicted octanol–water partition coefficient (Wildman–Crippen LogP) is -2.27. The average molecular weight is 836 g/mol. The van der Waals surface area contributed by atoms with Gasteiger partial charge in [-0.05, 0) is 12.1 Å². The highest BCUT2D eigenvalue weighted by Crippen LogP contribution is 2.71. The molecule has 4 aromatic heterocycles. The Bertz CT molecular complexity index is 2150. The van der Waals surface area contributed by atoms with Crippen molar-refractivity contribution in [3.05, 3.63) is 70.3 Å². The van der Waals surface area contributed by atoms with Gasteiger partial charge in [-0.15, -0.1) is 0 Å². The number of imidazole rings is 2. The smallest absolute Gasteiger partial charge is 0.387 e. The Balaban J connectivity index is 1.01. The zero-order chi connectivity index (χ0) is 38.7. The first-order valence-corrected chi connectivity index (χ1v) is 20.5. The number of nitrogens with zero attached hydrogens (tertiary/aromatic N) is 6. The largest absolute Gasteiger partial charge is 0.490 e. The molecule has 2 aliphatic rings. The van der Waals surface area contributed by atoms with Gasteiger partial charge in [0, 0.05) is 37.2 Å². The van der Waals surface area contributed by atoms with Gasteiger partial charge < -0.3 is 49.5 Å². The van der Waals surface area contributed by atoms with Gasteiger partial charge in [-0.25, -0.2) is 37.8 Å². The van der Waals surface area contributed by atoms with Crippen LogP contribution in [-0.4, -0.2) is 118 Å². The molecule has 8 N–H and O–H groups in total. The van der Waals surface area contributed by atoms with Crippen LogP contribution in [0, 0.1) is 0 Å². The van der Waals surface area contributed by atoms with E-state index in [9.17, 15) is 67.8 Å². The summed E-state index contributed by atoms with van der Waals surface area (Å²) >= 11 is 0. The maximum absolute atomic E-state index is 12.7. The molecule has 292 valence electrons. The molecule has 2 saturated heterocycles. The first-order valence-electron chi connectivity index (χ1n) is 14.5. The van der Waals surface area contributed by atoms with Crippen LogP contribution in [-0.2, 0) is 49.7 Å². The Morgan fingerprint density at radius 2 is 0.943 bits per heavy atom. The number of hydrogen-bond donors (Lipinski definition) is 8. The highest BCUT2D eigenvalue weighted by Gasteiger charge is 2.50. The van der Waals surface area contributed by atoms with Gasteiger partial charge in [0.15, 0.2) is 12.5 Å². The molecule has 0 saturated carbocycles. The second-order valence-corrected chi connectivity index (χ2v) is 17.3. The number of aromatic nitrogens is 6. The van der Waals surface area contributed by atoms with Crippen molar-refractivity contribution in [1.29, 1.82) is 0 Å². The molecule has 0 spiro atoms. The van der Waals surface area contributed by atoms with E-state index >= 15 is 0 Å². The Morgan fingerprint density at radius 1 is 0.585 bits per heavy atom. The zero-order valence-corrected chi connectivity index (χ0v) is 29.6. The molecular weight excluding hydrogens is 808 g/mol. The van der Waals surface area contributed by atoms with Crippen molar-refractivity contribution in [2.24, 2.45) is 0 Å². The molecule has 6 rings (SSSR count). The summed E-state index contributed by atoms with van der Waals surface area (Å²) in [6.45, 7) is -2.32. The lowest BCUT2D eigenvalue weighted by Crippen LogP contribution is -2.36. The normalized spacial score (nSPS) is 30.9. The van der Waals surface area contributed by atoms with Crippen molar-refractivity contribution in [3.8, 4) is 0 Å². The molecule has 4 unspecified atom stereocenters. The summed E-state index contributed by atoms with van der Waals surface area (Å²) in [6, 6.07) is 2.75. The third-order valence-corrected chi connectivity index (χ3v) is 13.5. The molecule has 6 heterocycles. The van der Waals surface area contributed by atoms with Crippen LogP contribution in [0.1, 0.15) is 12.5 Å². The monoisotopic (exact) mass is 836 g/mol. The molecule has 0 aliphatic carbocycles. The van der Waals surface area contributed by atoms with Crippen LogP contribution in [0.25, 0.3) is 11.3 Å². The summed E-state index contributed by atoms with van der Waals surface area (Å²) in [5.41, 5.74) is -1.02. The Labute approximate surface area is 292 Å². The fraction of sp³-hybridized carbons (Fsp3) is 0.455. The van der Waals surface area contributed by atoms with Crippen molar-refractivity contribution in [2.75, 3.05) is 13.2 Å². The summed E-state index contributed by atoms with van der Waals surface area (Å²) in [6.07, 6.45) is -6.22. The van der Waals surface area contributed by atoms with Gasteiger partial charge in [-0.3, -0.25) is 27.0 Å². The van der Waals surface area contributed by atoms with Crippen molar-refractivity contribution < 1.29 is 89.7 Å². The molecule has 12 atom stereocenters. The zero-order valence-electron chi connectivity index (χ0n) is 26.0. The van der Waals surface area contributed by atoms with Crippen LogP contribution >= 0.6 is 31.3 Å². The predicted molar refractivity (Wildman–Crippen MR) is 165 cm³/mol. The third-order valence-electron chi connectivity index (χ3n) is 7.61. The maximum atomic E-state index is 12.7. The number of phosphoric ester groups is 2. The van der Waals surface area contributed by atoms with E-state index in [1.54, 1.807) is 0 Å². The molecule has 0 bridgehead atoms. The summed E-state index contributed by atoms with van der Waals surface area (Å²) in [4.78, 5) is 72.8. The topological polar surface area (TPSA) is 373 Å². The molecule has 53 heavy (non-hydrogen) atoms. The molecule has 4 aromatic rings. The number of fused-ring (bicyclic) bond motifs is 2. The quantitative estimate of drug-likeness (QED) is 0.0621. The third kappa shape index (κ3) is 8.54. The van der Waals surface area contributed by atoms with Crippen molar-refractivity contribution in [1.82, 2.24) is 27.9 Å². The highest BCUT2D eigenvalue weighted by molar-refractivity contribution is 7.69. The van der Waals surface area contributed by atoms with Gasteiger partial charge in [-0.1, -0.05) is 0 Å². The molecule has 31 heteroatoms. The average Bonchev–Trinajstić information content (AvgIpc) is 3.83. The van der Waals surface area contributed by atoms with Gasteiger partial charge >= 0.3 is 42.7 Å². The Kier molecular flexibility index (Phi) is 11.0. The highest BCUT2D eigenvalue weighted by atomic mass is 31.3. The van der Waals surface area contributed by atoms with Crippen molar-refractivity contribution in [3.63, 3.8) is 0 Å². The second kappa shape index (κ2) is 14.7.